The van der Waals surface area contributed by atoms with Gasteiger partial charge < -0.3 is 19.3 Å². The van der Waals surface area contributed by atoms with Gasteiger partial charge in [0.2, 0.25) is 15.9 Å². The van der Waals surface area contributed by atoms with Gasteiger partial charge >= 0.3 is 0 Å². The van der Waals surface area contributed by atoms with Crippen molar-refractivity contribution in [3.8, 4) is 5.75 Å². The molecule has 1 amide bonds. The van der Waals surface area contributed by atoms with Crippen molar-refractivity contribution in [1.82, 2.24) is 14.1 Å². The molecule has 8 nitrogen and oxygen atoms in total. The van der Waals surface area contributed by atoms with Crippen molar-refractivity contribution in [3.63, 3.8) is 0 Å². The van der Waals surface area contributed by atoms with E-state index in [1.807, 2.05) is 4.90 Å². The molecule has 1 atom stereocenters. The summed E-state index contributed by atoms with van der Waals surface area (Å²) in [5, 5.41) is 0. The smallest absolute Gasteiger partial charge is 0.248 e. The first-order valence-electron chi connectivity index (χ1n) is 14.0. The topological polar surface area (TPSA) is 79.4 Å². The first kappa shape index (κ1) is 28.3. The highest BCUT2D eigenvalue weighted by Crippen LogP contribution is 2.32. The van der Waals surface area contributed by atoms with E-state index in [4.69, 9.17) is 9.47 Å². The van der Waals surface area contributed by atoms with Gasteiger partial charge in [-0.25, -0.2) is 8.42 Å². The molecule has 0 aromatic heterocycles. The minimum atomic E-state index is -3.67. The molecule has 37 heavy (non-hydrogen) atoms. The van der Waals surface area contributed by atoms with Gasteiger partial charge in [-0.1, -0.05) is 6.42 Å². The van der Waals surface area contributed by atoms with Gasteiger partial charge in [0.25, 0.3) is 0 Å². The summed E-state index contributed by atoms with van der Waals surface area (Å²) in [7, 11) is -2.09. The van der Waals surface area contributed by atoms with E-state index in [1.54, 1.807) is 37.4 Å². The molecule has 3 heterocycles. The van der Waals surface area contributed by atoms with Gasteiger partial charge in [-0.3, -0.25) is 4.79 Å². The molecule has 208 valence electrons. The summed E-state index contributed by atoms with van der Waals surface area (Å²) in [5.74, 6) is 1.37. The summed E-state index contributed by atoms with van der Waals surface area (Å²) in [6.07, 6.45) is 8.93. The molecule has 1 aromatic rings. The number of amides is 1. The predicted octanol–water partition coefficient (Wildman–Crippen LogP) is 3.60. The SMILES string of the molecule is COc1cc(C)c(S(=O)(=O)N2CCCC2COCC(=O)N2CCC(CCN3CCCCC3)CC2)c(C)c1. The highest BCUT2D eigenvalue weighted by atomic mass is 32.2. The molecule has 4 rings (SSSR count). The van der Waals surface area contributed by atoms with Crippen LogP contribution in [0, 0.1) is 19.8 Å². The second kappa shape index (κ2) is 12.9. The minimum Gasteiger partial charge on any atom is -0.497 e. The second-order valence-corrected chi connectivity index (χ2v) is 12.9. The zero-order valence-electron chi connectivity index (χ0n) is 22.9. The number of rotatable bonds is 10. The lowest BCUT2D eigenvalue weighted by atomic mass is 9.93. The lowest BCUT2D eigenvalue weighted by Gasteiger charge is -2.34. The Kier molecular flexibility index (Phi) is 9.89. The van der Waals surface area contributed by atoms with E-state index in [0.29, 0.717) is 34.2 Å². The number of piperidine rings is 2. The van der Waals surface area contributed by atoms with Crippen LogP contribution in [0.15, 0.2) is 17.0 Å². The Bertz CT molecular complexity index is 994. The third-order valence-corrected chi connectivity index (χ3v) is 10.6. The van der Waals surface area contributed by atoms with Crippen molar-refractivity contribution in [1.29, 1.82) is 0 Å². The van der Waals surface area contributed by atoms with E-state index in [1.165, 1.54) is 45.3 Å². The summed E-state index contributed by atoms with van der Waals surface area (Å²) in [5.41, 5.74) is 1.36. The van der Waals surface area contributed by atoms with Crippen LogP contribution < -0.4 is 4.74 Å². The maximum absolute atomic E-state index is 13.6. The maximum atomic E-state index is 13.6. The van der Waals surface area contributed by atoms with Crippen LogP contribution in [-0.2, 0) is 19.6 Å². The number of aryl methyl sites for hydroxylation is 2. The third-order valence-electron chi connectivity index (χ3n) is 8.36. The summed E-state index contributed by atoms with van der Waals surface area (Å²) >= 11 is 0. The number of sulfonamides is 1. The lowest BCUT2D eigenvalue weighted by Crippen LogP contribution is -2.42. The molecule has 9 heteroatoms. The van der Waals surface area contributed by atoms with Gasteiger partial charge in [0, 0.05) is 25.7 Å². The van der Waals surface area contributed by atoms with Gasteiger partial charge in [0.1, 0.15) is 12.4 Å². The predicted molar refractivity (Wildman–Crippen MR) is 144 cm³/mol. The van der Waals surface area contributed by atoms with Crippen LogP contribution in [0.2, 0.25) is 0 Å². The largest absolute Gasteiger partial charge is 0.497 e. The van der Waals surface area contributed by atoms with E-state index < -0.39 is 10.0 Å². The van der Waals surface area contributed by atoms with Crippen molar-refractivity contribution in [3.05, 3.63) is 23.3 Å². The van der Waals surface area contributed by atoms with E-state index in [9.17, 15) is 13.2 Å². The molecule has 0 aliphatic carbocycles. The molecule has 0 radical (unpaired) electrons. The van der Waals surface area contributed by atoms with E-state index in [0.717, 1.165) is 38.8 Å². The molecule has 3 saturated heterocycles. The Balaban J connectivity index is 1.23. The van der Waals surface area contributed by atoms with Crippen molar-refractivity contribution in [2.24, 2.45) is 5.92 Å². The second-order valence-electron chi connectivity index (χ2n) is 11.0. The van der Waals surface area contributed by atoms with Crippen LogP contribution in [0.1, 0.15) is 62.5 Å². The highest BCUT2D eigenvalue weighted by molar-refractivity contribution is 7.89. The number of benzene rings is 1. The van der Waals surface area contributed by atoms with Crippen LogP contribution in [0.25, 0.3) is 0 Å². The molecule has 1 unspecified atom stereocenters. The number of methoxy groups -OCH3 is 1. The lowest BCUT2D eigenvalue weighted by molar-refractivity contribution is -0.137. The van der Waals surface area contributed by atoms with E-state index in [-0.39, 0.29) is 25.2 Å². The molecule has 0 saturated carbocycles. The van der Waals surface area contributed by atoms with E-state index in [2.05, 4.69) is 4.90 Å². The van der Waals surface area contributed by atoms with Crippen molar-refractivity contribution >= 4 is 15.9 Å². The summed E-state index contributed by atoms with van der Waals surface area (Å²) in [4.78, 5) is 17.6. The Hall–Kier alpha value is -1.68. The van der Waals surface area contributed by atoms with Crippen LogP contribution >= 0.6 is 0 Å². The number of hydrogen-bond donors (Lipinski definition) is 0. The number of carbonyl (C=O) groups is 1. The number of hydrogen-bond acceptors (Lipinski definition) is 6. The Morgan fingerprint density at radius 3 is 2.27 bits per heavy atom. The summed E-state index contributed by atoms with van der Waals surface area (Å²) in [6.45, 7) is 9.62. The van der Waals surface area contributed by atoms with Gasteiger partial charge in [0.05, 0.1) is 18.6 Å². The average molecular weight is 536 g/mol. The molecule has 0 bridgehead atoms. The Morgan fingerprint density at radius 1 is 0.946 bits per heavy atom. The summed E-state index contributed by atoms with van der Waals surface area (Å²) < 4.78 is 39.8. The minimum absolute atomic E-state index is 0.0173. The molecule has 3 fully saturated rings. The zero-order chi connectivity index (χ0) is 26.4. The molecule has 0 spiro atoms. The van der Waals surface area contributed by atoms with Crippen LogP contribution in [0.5, 0.6) is 5.75 Å². The molecular formula is C28H45N3O5S. The number of nitrogens with zero attached hydrogens (tertiary/aromatic N) is 3. The van der Waals surface area contributed by atoms with Crippen LogP contribution in [-0.4, -0.2) is 94.1 Å². The fraction of sp³-hybridized carbons (Fsp3) is 0.750. The Morgan fingerprint density at radius 2 is 1.62 bits per heavy atom. The van der Waals surface area contributed by atoms with E-state index >= 15 is 0 Å². The van der Waals surface area contributed by atoms with Gasteiger partial charge in [-0.05, 0) is 108 Å². The van der Waals surface area contributed by atoms with Crippen LogP contribution in [0.3, 0.4) is 0 Å². The number of ether oxygens (including phenoxy) is 2. The van der Waals surface area contributed by atoms with Gasteiger partial charge in [-0.2, -0.15) is 4.31 Å². The monoisotopic (exact) mass is 535 g/mol. The third kappa shape index (κ3) is 7.05. The normalized spacial score (nSPS) is 22.5. The first-order valence-corrected chi connectivity index (χ1v) is 15.5. The van der Waals surface area contributed by atoms with Crippen molar-refractivity contribution in [2.45, 2.75) is 76.2 Å². The van der Waals surface area contributed by atoms with Crippen molar-refractivity contribution in [2.75, 3.05) is 59.6 Å². The zero-order valence-corrected chi connectivity index (χ0v) is 23.7. The molecule has 3 aliphatic heterocycles. The fourth-order valence-electron chi connectivity index (χ4n) is 6.24. The molecular weight excluding hydrogens is 490 g/mol. The number of carbonyl (C=O) groups excluding carboxylic acids is 1. The molecule has 3 aliphatic rings. The quantitative estimate of drug-likeness (QED) is 0.456. The highest BCUT2D eigenvalue weighted by Gasteiger charge is 2.37. The molecule has 0 N–H and O–H groups in total. The average Bonchev–Trinajstić information content (AvgIpc) is 3.37. The van der Waals surface area contributed by atoms with Crippen LogP contribution in [0.4, 0.5) is 0 Å². The molecule has 1 aromatic carbocycles. The maximum Gasteiger partial charge on any atom is 0.248 e. The first-order chi connectivity index (χ1) is 17.8. The van der Waals surface area contributed by atoms with Gasteiger partial charge in [-0.15, -0.1) is 0 Å². The van der Waals surface area contributed by atoms with Gasteiger partial charge in [0.15, 0.2) is 0 Å². The standard InChI is InChI=1S/C28H45N3O5S/c1-22-18-26(35-3)19-23(2)28(22)37(33,34)31-14-7-8-25(31)20-36-21-27(32)30-16-10-24(11-17-30)9-15-29-12-5-4-6-13-29/h18-19,24-25H,4-17,20-21H2,1-3H3. The summed E-state index contributed by atoms with van der Waals surface area (Å²) in [6, 6.07) is 3.27. The Labute approximate surface area is 223 Å². The fourth-order valence-corrected chi connectivity index (χ4v) is 8.33. The number of likely N-dealkylation sites (tertiary alicyclic amines) is 2. The van der Waals surface area contributed by atoms with Crippen molar-refractivity contribution < 1.29 is 22.7 Å².